The molecule has 0 bridgehead atoms. The number of pyridine rings is 1. The molecular weight excluding hydrogens is 224 g/mol. The largest absolute Gasteiger partial charge is 0.340 e. The van der Waals surface area contributed by atoms with Gasteiger partial charge in [-0.15, -0.1) is 0 Å². The van der Waals surface area contributed by atoms with Crippen molar-refractivity contribution in [3.05, 3.63) is 29.6 Å². The van der Waals surface area contributed by atoms with Crippen molar-refractivity contribution in [2.24, 2.45) is 5.92 Å². The number of aryl methyl sites for hydroxylation is 1. The summed E-state index contributed by atoms with van der Waals surface area (Å²) in [6, 6.07) is 5.61. The molecule has 1 amide bonds. The fourth-order valence-corrected chi connectivity index (χ4v) is 2.70. The van der Waals surface area contributed by atoms with Gasteiger partial charge >= 0.3 is 0 Å². The fourth-order valence-electron chi connectivity index (χ4n) is 2.70. The van der Waals surface area contributed by atoms with Crippen molar-refractivity contribution >= 4 is 5.91 Å². The van der Waals surface area contributed by atoms with Gasteiger partial charge in [0.1, 0.15) is 5.69 Å². The quantitative estimate of drug-likeness (QED) is 0.821. The van der Waals surface area contributed by atoms with Gasteiger partial charge in [0.2, 0.25) is 0 Å². The minimum atomic E-state index is 0.0456. The minimum absolute atomic E-state index is 0.0456. The first-order chi connectivity index (χ1) is 8.66. The van der Waals surface area contributed by atoms with Crippen LogP contribution in [0.4, 0.5) is 0 Å². The summed E-state index contributed by atoms with van der Waals surface area (Å²) >= 11 is 0. The molecule has 98 valence electrons. The van der Waals surface area contributed by atoms with Crippen LogP contribution in [0.2, 0.25) is 0 Å². The lowest BCUT2D eigenvalue weighted by Crippen LogP contribution is -2.33. The van der Waals surface area contributed by atoms with Crippen LogP contribution >= 0.6 is 0 Å². The molecule has 0 aromatic carbocycles. The molecule has 0 atom stereocenters. The molecule has 3 nitrogen and oxygen atoms in total. The van der Waals surface area contributed by atoms with Crippen molar-refractivity contribution in [1.29, 1.82) is 0 Å². The van der Waals surface area contributed by atoms with Gasteiger partial charge in [-0.2, -0.15) is 0 Å². The Labute approximate surface area is 109 Å². The summed E-state index contributed by atoms with van der Waals surface area (Å²) in [7, 11) is 1.89. The molecule has 3 heteroatoms. The van der Waals surface area contributed by atoms with Crippen LogP contribution in [0.25, 0.3) is 0 Å². The molecular formula is C15H22N2O. The number of carbonyl (C=O) groups is 1. The third-order valence-corrected chi connectivity index (χ3v) is 3.71. The first-order valence-electron chi connectivity index (χ1n) is 6.86. The molecule has 0 N–H and O–H groups in total. The van der Waals surface area contributed by atoms with Crippen LogP contribution in [0.3, 0.4) is 0 Å². The zero-order valence-corrected chi connectivity index (χ0v) is 11.4. The lowest BCUT2D eigenvalue weighted by atomic mass is 9.89. The molecule has 1 aromatic rings. The number of nitrogens with zero attached hydrogens (tertiary/aromatic N) is 2. The van der Waals surface area contributed by atoms with E-state index in [0.29, 0.717) is 11.6 Å². The average Bonchev–Trinajstić information content (AvgIpc) is 2.39. The van der Waals surface area contributed by atoms with E-state index in [1.54, 1.807) is 6.07 Å². The molecule has 1 aliphatic carbocycles. The summed E-state index contributed by atoms with van der Waals surface area (Å²) in [5.41, 5.74) is 1.46. The molecule has 18 heavy (non-hydrogen) atoms. The van der Waals surface area contributed by atoms with Crippen LogP contribution in [0, 0.1) is 12.8 Å². The molecule has 1 aliphatic rings. The molecule has 0 radical (unpaired) electrons. The van der Waals surface area contributed by atoms with E-state index in [1.807, 2.05) is 31.0 Å². The summed E-state index contributed by atoms with van der Waals surface area (Å²) in [5, 5.41) is 0. The standard InChI is InChI=1S/C15H22N2O/c1-12-7-6-10-14(16-12)15(18)17(2)11-13-8-4-3-5-9-13/h6-7,10,13H,3-5,8-9,11H2,1-2H3. The smallest absolute Gasteiger partial charge is 0.272 e. The predicted molar refractivity (Wildman–Crippen MR) is 72.5 cm³/mol. The Kier molecular flexibility index (Phi) is 4.34. The van der Waals surface area contributed by atoms with Gasteiger partial charge in [0.15, 0.2) is 0 Å². The average molecular weight is 246 g/mol. The Bertz CT molecular complexity index is 411. The normalized spacial score (nSPS) is 16.6. The third kappa shape index (κ3) is 3.31. The van der Waals surface area contributed by atoms with Crippen LogP contribution < -0.4 is 0 Å². The zero-order valence-electron chi connectivity index (χ0n) is 11.4. The second-order valence-corrected chi connectivity index (χ2v) is 5.35. The van der Waals surface area contributed by atoms with Crippen molar-refractivity contribution in [2.75, 3.05) is 13.6 Å². The molecule has 1 heterocycles. The van der Waals surface area contributed by atoms with Crippen molar-refractivity contribution < 1.29 is 4.79 Å². The van der Waals surface area contributed by atoms with Gasteiger partial charge in [0.25, 0.3) is 5.91 Å². The Morgan fingerprint density at radius 2 is 2.06 bits per heavy atom. The number of hydrogen-bond acceptors (Lipinski definition) is 2. The summed E-state index contributed by atoms with van der Waals surface area (Å²) in [4.78, 5) is 18.4. The monoisotopic (exact) mass is 246 g/mol. The highest BCUT2D eigenvalue weighted by Gasteiger charge is 2.19. The van der Waals surface area contributed by atoms with E-state index in [2.05, 4.69) is 4.98 Å². The SMILES string of the molecule is Cc1cccc(C(=O)N(C)CC2CCCCC2)n1. The van der Waals surface area contributed by atoms with Crippen LogP contribution in [0.1, 0.15) is 48.3 Å². The first-order valence-corrected chi connectivity index (χ1v) is 6.86. The van der Waals surface area contributed by atoms with Crippen molar-refractivity contribution in [1.82, 2.24) is 9.88 Å². The van der Waals surface area contributed by atoms with Gasteiger partial charge in [-0.1, -0.05) is 25.3 Å². The van der Waals surface area contributed by atoms with Crippen LogP contribution in [-0.2, 0) is 0 Å². The van der Waals surface area contributed by atoms with Crippen LogP contribution in [0.15, 0.2) is 18.2 Å². The Hall–Kier alpha value is -1.38. The highest BCUT2D eigenvalue weighted by atomic mass is 16.2. The summed E-state index contributed by atoms with van der Waals surface area (Å²) in [6.07, 6.45) is 6.51. The molecule has 0 saturated heterocycles. The molecule has 1 aromatic heterocycles. The highest BCUT2D eigenvalue weighted by Crippen LogP contribution is 2.24. The van der Waals surface area contributed by atoms with Gasteiger partial charge in [-0.25, -0.2) is 4.98 Å². The summed E-state index contributed by atoms with van der Waals surface area (Å²) in [6.45, 7) is 2.78. The van der Waals surface area contributed by atoms with Crippen LogP contribution in [-0.4, -0.2) is 29.4 Å². The predicted octanol–water partition coefficient (Wildman–Crippen LogP) is 3.04. The number of rotatable bonds is 3. The Balaban J connectivity index is 1.95. The van der Waals surface area contributed by atoms with E-state index in [1.165, 1.54) is 32.1 Å². The van der Waals surface area contributed by atoms with Crippen molar-refractivity contribution in [3.63, 3.8) is 0 Å². The van der Waals surface area contributed by atoms with Crippen molar-refractivity contribution in [3.8, 4) is 0 Å². The zero-order chi connectivity index (χ0) is 13.0. The maximum Gasteiger partial charge on any atom is 0.272 e. The van der Waals surface area contributed by atoms with Crippen LogP contribution in [0.5, 0.6) is 0 Å². The highest BCUT2D eigenvalue weighted by molar-refractivity contribution is 5.92. The molecule has 0 aliphatic heterocycles. The van der Waals surface area contributed by atoms with E-state index >= 15 is 0 Å². The third-order valence-electron chi connectivity index (χ3n) is 3.71. The first kappa shape index (κ1) is 13.1. The van der Waals surface area contributed by atoms with E-state index in [9.17, 15) is 4.79 Å². The lowest BCUT2D eigenvalue weighted by Gasteiger charge is -2.26. The molecule has 1 fully saturated rings. The Morgan fingerprint density at radius 3 is 2.72 bits per heavy atom. The minimum Gasteiger partial charge on any atom is -0.340 e. The fraction of sp³-hybridized carbons (Fsp3) is 0.600. The molecule has 0 unspecified atom stereocenters. The van der Waals surface area contributed by atoms with E-state index in [-0.39, 0.29) is 5.91 Å². The van der Waals surface area contributed by atoms with Gasteiger partial charge < -0.3 is 4.90 Å². The molecule has 1 saturated carbocycles. The maximum absolute atomic E-state index is 12.2. The van der Waals surface area contributed by atoms with Gasteiger partial charge in [0, 0.05) is 19.3 Å². The lowest BCUT2D eigenvalue weighted by molar-refractivity contribution is 0.0754. The molecule has 2 rings (SSSR count). The molecule has 0 spiro atoms. The number of amides is 1. The second kappa shape index (κ2) is 5.98. The van der Waals surface area contributed by atoms with E-state index in [4.69, 9.17) is 0 Å². The van der Waals surface area contributed by atoms with E-state index < -0.39 is 0 Å². The topological polar surface area (TPSA) is 33.2 Å². The number of hydrogen-bond donors (Lipinski definition) is 0. The van der Waals surface area contributed by atoms with Gasteiger partial charge in [-0.3, -0.25) is 4.79 Å². The van der Waals surface area contributed by atoms with Gasteiger partial charge in [0.05, 0.1) is 0 Å². The second-order valence-electron chi connectivity index (χ2n) is 5.35. The van der Waals surface area contributed by atoms with Crippen molar-refractivity contribution in [2.45, 2.75) is 39.0 Å². The van der Waals surface area contributed by atoms with Gasteiger partial charge in [-0.05, 0) is 37.8 Å². The maximum atomic E-state index is 12.2. The number of aromatic nitrogens is 1. The summed E-state index contributed by atoms with van der Waals surface area (Å²) in [5.74, 6) is 0.724. The summed E-state index contributed by atoms with van der Waals surface area (Å²) < 4.78 is 0. The van der Waals surface area contributed by atoms with E-state index in [0.717, 1.165) is 12.2 Å². The Morgan fingerprint density at radius 1 is 1.33 bits per heavy atom. The number of carbonyl (C=O) groups excluding carboxylic acids is 1.